The molecule has 0 aromatic heterocycles. The van der Waals surface area contributed by atoms with E-state index in [1.54, 1.807) is 30.3 Å². The van der Waals surface area contributed by atoms with E-state index in [0.717, 1.165) is 6.29 Å². The molecule has 0 aliphatic heterocycles. The van der Waals surface area contributed by atoms with Crippen molar-refractivity contribution in [2.24, 2.45) is 0 Å². The highest BCUT2D eigenvalue weighted by Crippen LogP contribution is 2.25. The number of benzene rings is 2. The SMILES string of the molecule is COc1ccc(C#Cc2ccccc2C=O)cc1O. The van der Waals surface area contributed by atoms with Crippen molar-refractivity contribution in [3.8, 4) is 23.3 Å². The van der Waals surface area contributed by atoms with Gasteiger partial charge < -0.3 is 9.84 Å². The molecule has 0 bridgehead atoms. The summed E-state index contributed by atoms with van der Waals surface area (Å²) in [6.07, 6.45) is 0.773. The summed E-state index contributed by atoms with van der Waals surface area (Å²) in [5.74, 6) is 6.26. The molecule has 94 valence electrons. The molecule has 0 atom stereocenters. The third kappa shape index (κ3) is 2.93. The van der Waals surface area contributed by atoms with Crippen LogP contribution in [0.5, 0.6) is 11.5 Å². The van der Waals surface area contributed by atoms with Crippen LogP contribution in [0.25, 0.3) is 0 Å². The van der Waals surface area contributed by atoms with Gasteiger partial charge in [-0.3, -0.25) is 4.79 Å². The highest BCUT2D eigenvalue weighted by Gasteiger charge is 2.00. The molecule has 0 aliphatic rings. The first kappa shape index (κ1) is 12.7. The maximum atomic E-state index is 10.9. The van der Waals surface area contributed by atoms with Crippen molar-refractivity contribution in [2.75, 3.05) is 7.11 Å². The lowest BCUT2D eigenvalue weighted by Crippen LogP contribution is -1.86. The lowest BCUT2D eigenvalue weighted by atomic mass is 10.1. The van der Waals surface area contributed by atoms with E-state index < -0.39 is 0 Å². The van der Waals surface area contributed by atoms with E-state index in [4.69, 9.17) is 4.74 Å². The number of carbonyl (C=O) groups is 1. The van der Waals surface area contributed by atoms with E-state index in [0.29, 0.717) is 22.4 Å². The van der Waals surface area contributed by atoms with E-state index in [1.165, 1.54) is 13.2 Å². The average Bonchev–Trinajstić information content (AvgIpc) is 2.45. The zero-order valence-corrected chi connectivity index (χ0v) is 10.4. The molecule has 0 unspecified atom stereocenters. The Hall–Kier alpha value is -2.73. The number of hydrogen-bond acceptors (Lipinski definition) is 3. The van der Waals surface area contributed by atoms with Crippen LogP contribution in [-0.4, -0.2) is 18.5 Å². The smallest absolute Gasteiger partial charge is 0.160 e. The van der Waals surface area contributed by atoms with Crippen molar-refractivity contribution in [3.05, 3.63) is 59.2 Å². The number of aromatic hydroxyl groups is 1. The van der Waals surface area contributed by atoms with E-state index in [1.807, 2.05) is 6.07 Å². The quantitative estimate of drug-likeness (QED) is 0.660. The molecule has 0 fully saturated rings. The molecule has 3 heteroatoms. The first-order valence-electron chi connectivity index (χ1n) is 5.68. The zero-order valence-electron chi connectivity index (χ0n) is 10.4. The van der Waals surface area contributed by atoms with Crippen molar-refractivity contribution in [3.63, 3.8) is 0 Å². The van der Waals surface area contributed by atoms with Gasteiger partial charge in [0.05, 0.1) is 7.11 Å². The lowest BCUT2D eigenvalue weighted by molar-refractivity contribution is 0.112. The second-order valence-electron chi connectivity index (χ2n) is 3.84. The second kappa shape index (κ2) is 5.74. The highest BCUT2D eigenvalue weighted by molar-refractivity contribution is 5.79. The van der Waals surface area contributed by atoms with Gasteiger partial charge >= 0.3 is 0 Å². The summed E-state index contributed by atoms with van der Waals surface area (Å²) in [5.41, 5.74) is 1.86. The number of rotatable bonds is 2. The van der Waals surface area contributed by atoms with Gasteiger partial charge in [-0.15, -0.1) is 0 Å². The Morgan fingerprint density at radius 2 is 1.95 bits per heavy atom. The van der Waals surface area contributed by atoms with Gasteiger partial charge in [0.15, 0.2) is 17.8 Å². The number of methoxy groups -OCH3 is 1. The number of aldehydes is 1. The first-order valence-corrected chi connectivity index (χ1v) is 5.68. The molecule has 1 N–H and O–H groups in total. The van der Waals surface area contributed by atoms with Crippen LogP contribution < -0.4 is 4.74 Å². The number of phenols is 1. The largest absolute Gasteiger partial charge is 0.504 e. The molecular weight excluding hydrogens is 240 g/mol. The molecule has 19 heavy (non-hydrogen) atoms. The van der Waals surface area contributed by atoms with E-state index >= 15 is 0 Å². The van der Waals surface area contributed by atoms with E-state index in [9.17, 15) is 9.90 Å². The van der Waals surface area contributed by atoms with Crippen LogP contribution in [0.3, 0.4) is 0 Å². The summed E-state index contributed by atoms with van der Waals surface area (Å²) in [7, 11) is 1.49. The lowest BCUT2D eigenvalue weighted by Gasteiger charge is -2.02. The molecule has 2 rings (SSSR count). The van der Waals surface area contributed by atoms with Crippen LogP contribution in [-0.2, 0) is 0 Å². The molecule has 0 saturated heterocycles. The van der Waals surface area contributed by atoms with Gasteiger partial charge in [-0.2, -0.15) is 0 Å². The van der Waals surface area contributed by atoms with Gasteiger partial charge in [-0.25, -0.2) is 0 Å². The standard InChI is InChI=1S/C16H12O3/c1-19-16-9-7-12(10-15(16)18)6-8-13-4-2-3-5-14(13)11-17/h2-5,7,9-11,18H,1H3. The van der Waals surface area contributed by atoms with Gasteiger partial charge in [0.1, 0.15) is 0 Å². The summed E-state index contributed by atoms with van der Waals surface area (Å²) in [6.45, 7) is 0. The van der Waals surface area contributed by atoms with Gasteiger partial charge in [0.25, 0.3) is 0 Å². The predicted molar refractivity (Wildman–Crippen MR) is 72.5 cm³/mol. The Kier molecular flexibility index (Phi) is 3.84. The van der Waals surface area contributed by atoms with Crippen LogP contribution in [0, 0.1) is 11.8 Å². The third-order valence-electron chi connectivity index (χ3n) is 2.61. The first-order chi connectivity index (χ1) is 9.24. The topological polar surface area (TPSA) is 46.5 Å². The Morgan fingerprint density at radius 3 is 2.63 bits per heavy atom. The monoisotopic (exact) mass is 252 g/mol. The Labute approximate surface area is 111 Å². The fourth-order valence-corrected chi connectivity index (χ4v) is 1.62. The van der Waals surface area contributed by atoms with Crippen molar-refractivity contribution in [1.82, 2.24) is 0 Å². The molecule has 0 heterocycles. The number of ether oxygens (including phenoxy) is 1. The molecule has 0 aliphatic carbocycles. The van der Waals surface area contributed by atoms with Crippen LogP contribution >= 0.6 is 0 Å². The molecule has 2 aromatic carbocycles. The van der Waals surface area contributed by atoms with Crippen LogP contribution in [0.15, 0.2) is 42.5 Å². The molecule has 3 nitrogen and oxygen atoms in total. The Bertz CT molecular complexity index is 663. The minimum Gasteiger partial charge on any atom is -0.504 e. The van der Waals surface area contributed by atoms with Crippen molar-refractivity contribution >= 4 is 6.29 Å². The summed E-state index contributed by atoms with van der Waals surface area (Å²) >= 11 is 0. The summed E-state index contributed by atoms with van der Waals surface area (Å²) < 4.78 is 4.95. The maximum Gasteiger partial charge on any atom is 0.160 e. The normalized spacial score (nSPS) is 9.32. The fraction of sp³-hybridized carbons (Fsp3) is 0.0625. The summed E-state index contributed by atoms with van der Waals surface area (Å²) in [5, 5.41) is 9.64. The minimum absolute atomic E-state index is 0.0398. The van der Waals surface area contributed by atoms with Gasteiger partial charge in [0, 0.05) is 16.7 Å². The maximum absolute atomic E-state index is 10.9. The van der Waals surface area contributed by atoms with Crippen molar-refractivity contribution in [1.29, 1.82) is 0 Å². The van der Waals surface area contributed by atoms with E-state index in [2.05, 4.69) is 11.8 Å². The third-order valence-corrected chi connectivity index (χ3v) is 2.61. The Balaban J connectivity index is 2.34. The van der Waals surface area contributed by atoms with Gasteiger partial charge in [0.2, 0.25) is 0 Å². The van der Waals surface area contributed by atoms with Gasteiger partial charge in [-0.05, 0) is 24.3 Å². The molecule has 0 amide bonds. The number of phenolic OH excluding ortho intramolecular Hbond substituents is 1. The molecule has 0 radical (unpaired) electrons. The molecule has 0 spiro atoms. The van der Waals surface area contributed by atoms with Crippen LogP contribution in [0.2, 0.25) is 0 Å². The molecular formula is C16H12O3. The predicted octanol–water partition coefficient (Wildman–Crippen LogP) is 2.61. The fourth-order valence-electron chi connectivity index (χ4n) is 1.62. The minimum atomic E-state index is 0.0398. The van der Waals surface area contributed by atoms with Crippen molar-refractivity contribution in [2.45, 2.75) is 0 Å². The van der Waals surface area contributed by atoms with Crippen LogP contribution in [0.1, 0.15) is 21.5 Å². The van der Waals surface area contributed by atoms with Crippen LogP contribution in [0.4, 0.5) is 0 Å². The highest BCUT2D eigenvalue weighted by atomic mass is 16.5. The number of carbonyl (C=O) groups excluding carboxylic acids is 1. The van der Waals surface area contributed by atoms with E-state index in [-0.39, 0.29) is 5.75 Å². The molecule has 2 aromatic rings. The Morgan fingerprint density at radius 1 is 1.16 bits per heavy atom. The van der Waals surface area contributed by atoms with Crippen molar-refractivity contribution < 1.29 is 14.6 Å². The zero-order chi connectivity index (χ0) is 13.7. The molecule has 0 saturated carbocycles. The average molecular weight is 252 g/mol. The summed E-state index contributed by atoms with van der Waals surface area (Å²) in [4.78, 5) is 10.9. The second-order valence-corrected chi connectivity index (χ2v) is 3.84. The summed E-state index contributed by atoms with van der Waals surface area (Å²) in [6, 6.07) is 12.0. The van der Waals surface area contributed by atoms with Gasteiger partial charge in [-0.1, -0.05) is 30.0 Å². The number of hydrogen-bond donors (Lipinski definition) is 1.